The van der Waals surface area contributed by atoms with Crippen LogP contribution < -0.4 is 0 Å². The van der Waals surface area contributed by atoms with Gasteiger partial charge < -0.3 is 10.0 Å². The Balaban J connectivity index is 1.88. The standard InChI is InChI=1S/C19H19FN2O3/c20-15-5-3-14(4-6-15)18-16(19(24)25)7-8-17(23)22(18)11-9-13-2-1-10-21-12-13/h1-6,10,12,16,18H,7-9,11H2,(H,24,25)/t16-,18+/m1/s1. The number of hydrogen-bond donors (Lipinski definition) is 1. The van der Waals surface area contributed by atoms with Crippen LogP contribution in [0.15, 0.2) is 48.8 Å². The van der Waals surface area contributed by atoms with Crippen molar-refractivity contribution in [1.82, 2.24) is 9.88 Å². The first-order chi connectivity index (χ1) is 12.1. The van der Waals surface area contributed by atoms with Gasteiger partial charge in [0.15, 0.2) is 0 Å². The van der Waals surface area contributed by atoms with Crippen molar-refractivity contribution < 1.29 is 19.1 Å². The highest BCUT2D eigenvalue weighted by molar-refractivity contribution is 5.81. The van der Waals surface area contributed by atoms with Crippen LogP contribution in [0.4, 0.5) is 4.39 Å². The SMILES string of the molecule is O=C(O)[C@@H]1CCC(=O)N(CCc2cccnc2)[C@H]1c1ccc(F)cc1. The first-order valence-electron chi connectivity index (χ1n) is 8.23. The van der Waals surface area contributed by atoms with Crippen LogP contribution in [0, 0.1) is 11.7 Å². The van der Waals surface area contributed by atoms with Crippen molar-refractivity contribution in [2.24, 2.45) is 5.92 Å². The fraction of sp³-hybridized carbons (Fsp3) is 0.316. The van der Waals surface area contributed by atoms with Crippen molar-refractivity contribution >= 4 is 11.9 Å². The maximum absolute atomic E-state index is 13.2. The number of amides is 1. The molecule has 0 radical (unpaired) electrons. The number of likely N-dealkylation sites (tertiary alicyclic amines) is 1. The molecule has 1 amide bonds. The summed E-state index contributed by atoms with van der Waals surface area (Å²) in [5.41, 5.74) is 1.62. The molecule has 3 rings (SSSR count). The van der Waals surface area contributed by atoms with Crippen molar-refractivity contribution in [3.8, 4) is 0 Å². The van der Waals surface area contributed by atoms with E-state index in [9.17, 15) is 19.1 Å². The highest BCUT2D eigenvalue weighted by atomic mass is 19.1. The second kappa shape index (κ2) is 7.42. The lowest BCUT2D eigenvalue weighted by Crippen LogP contribution is -2.46. The minimum atomic E-state index is -0.937. The smallest absolute Gasteiger partial charge is 0.308 e. The quantitative estimate of drug-likeness (QED) is 0.907. The Kier molecular flexibility index (Phi) is 5.07. The Bertz CT molecular complexity index is 749. The Morgan fingerprint density at radius 3 is 2.68 bits per heavy atom. The lowest BCUT2D eigenvalue weighted by atomic mass is 9.84. The summed E-state index contributed by atoms with van der Waals surface area (Å²) in [6.45, 7) is 0.399. The van der Waals surface area contributed by atoms with Crippen LogP contribution in [-0.4, -0.2) is 33.4 Å². The second-order valence-corrected chi connectivity index (χ2v) is 6.18. The molecule has 5 nitrogen and oxygen atoms in total. The van der Waals surface area contributed by atoms with Crippen LogP contribution in [-0.2, 0) is 16.0 Å². The number of aromatic nitrogens is 1. The van der Waals surface area contributed by atoms with Gasteiger partial charge in [-0.05, 0) is 42.2 Å². The molecule has 2 heterocycles. The molecule has 0 bridgehead atoms. The summed E-state index contributed by atoms with van der Waals surface area (Å²) in [7, 11) is 0. The normalized spacial score (nSPS) is 20.5. The third kappa shape index (κ3) is 3.84. The zero-order valence-corrected chi connectivity index (χ0v) is 13.6. The maximum atomic E-state index is 13.2. The predicted octanol–water partition coefficient (Wildman–Crippen LogP) is 2.83. The van der Waals surface area contributed by atoms with Gasteiger partial charge in [-0.1, -0.05) is 18.2 Å². The molecule has 1 aliphatic rings. The van der Waals surface area contributed by atoms with Crippen LogP contribution in [0.25, 0.3) is 0 Å². The molecule has 1 N–H and O–H groups in total. The molecule has 6 heteroatoms. The number of piperidine rings is 1. The number of rotatable bonds is 5. The number of carboxylic acids is 1. The lowest BCUT2D eigenvalue weighted by Gasteiger charge is -2.40. The fourth-order valence-corrected chi connectivity index (χ4v) is 3.34. The molecule has 130 valence electrons. The molecular weight excluding hydrogens is 323 g/mol. The molecule has 0 spiro atoms. The molecule has 0 aliphatic carbocycles. The van der Waals surface area contributed by atoms with Crippen LogP contribution >= 0.6 is 0 Å². The fourth-order valence-electron chi connectivity index (χ4n) is 3.34. The van der Waals surface area contributed by atoms with Gasteiger partial charge in [-0.3, -0.25) is 14.6 Å². The van der Waals surface area contributed by atoms with E-state index in [2.05, 4.69) is 4.98 Å². The minimum Gasteiger partial charge on any atom is -0.481 e. The Labute approximate surface area is 145 Å². The van der Waals surface area contributed by atoms with Gasteiger partial charge in [0.2, 0.25) is 5.91 Å². The molecule has 2 atom stereocenters. The number of hydrogen-bond acceptors (Lipinski definition) is 3. The van der Waals surface area contributed by atoms with Crippen LogP contribution in [0.5, 0.6) is 0 Å². The molecule has 1 aromatic heterocycles. The number of halogens is 1. The van der Waals surface area contributed by atoms with E-state index in [4.69, 9.17) is 0 Å². The highest BCUT2D eigenvalue weighted by Gasteiger charge is 2.40. The van der Waals surface area contributed by atoms with Crippen molar-refractivity contribution in [3.05, 3.63) is 65.7 Å². The number of benzene rings is 1. The van der Waals surface area contributed by atoms with Crippen LogP contribution in [0.3, 0.4) is 0 Å². The second-order valence-electron chi connectivity index (χ2n) is 6.18. The average Bonchev–Trinajstić information content (AvgIpc) is 2.62. The third-order valence-corrected chi connectivity index (χ3v) is 4.60. The van der Waals surface area contributed by atoms with E-state index in [1.807, 2.05) is 12.1 Å². The summed E-state index contributed by atoms with van der Waals surface area (Å²) < 4.78 is 13.2. The molecule has 1 aromatic carbocycles. The van der Waals surface area contributed by atoms with Gasteiger partial charge in [0, 0.05) is 25.4 Å². The van der Waals surface area contributed by atoms with Gasteiger partial charge in [0.05, 0.1) is 12.0 Å². The molecular formula is C19H19FN2O3. The van der Waals surface area contributed by atoms with Gasteiger partial charge >= 0.3 is 5.97 Å². The van der Waals surface area contributed by atoms with E-state index >= 15 is 0 Å². The predicted molar refractivity (Wildman–Crippen MR) is 89.2 cm³/mol. The van der Waals surface area contributed by atoms with Crippen molar-refractivity contribution in [2.75, 3.05) is 6.54 Å². The van der Waals surface area contributed by atoms with Crippen LogP contribution in [0.1, 0.15) is 30.0 Å². The van der Waals surface area contributed by atoms with E-state index in [1.54, 1.807) is 29.4 Å². The number of carboxylic acid groups (broad SMARTS) is 1. The minimum absolute atomic E-state index is 0.0734. The van der Waals surface area contributed by atoms with Gasteiger partial charge in [-0.15, -0.1) is 0 Å². The summed E-state index contributed by atoms with van der Waals surface area (Å²) in [4.78, 5) is 29.9. The molecule has 1 saturated heterocycles. The van der Waals surface area contributed by atoms with Gasteiger partial charge in [-0.25, -0.2) is 4.39 Å². The van der Waals surface area contributed by atoms with Gasteiger partial charge in [0.25, 0.3) is 0 Å². The topological polar surface area (TPSA) is 70.5 Å². The highest BCUT2D eigenvalue weighted by Crippen LogP contribution is 2.37. The van der Waals surface area contributed by atoms with Crippen LogP contribution in [0.2, 0.25) is 0 Å². The molecule has 1 fully saturated rings. The summed E-state index contributed by atoms with van der Waals surface area (Å²) >= 11 is 0. The molecule has 0 saturated carbocycles. The van der Waals surface area contributed by atoms with E-state index in [-0.39, 0.29) is 18.1 Å². The van der Waals surface area contributed by atoms with Gasteiger partial charge in [0.1, 0.15) is 5.82 Å². The Hall–Kier alpha value is -2.76. The summed E-state index contributed by atoms with van der Waals surface area (Å²) in [5, 5.41) is 9.59. The Morgan fingerprint density at radius 1 is 1.28 bits per heavy atom. The maximum Gasteiger partial charge on any atom is 0.308 e. The number of carbonyl (C=O) groups excluding carboxylic acids is 1. The molecule has 25 heavy (non-hydrogen) atoms. The summed E-state index contributed by atoms with van der Waals surface area (Å²) in [5.74, 6) is -2.10. The lowest BCUT2D eigenvalue weighted by molar-refractivity contribution is -0.152. The zero-order valence-electron chi connectivity index (χ0n) is 13.6. The summed E-state index contributed by atoms with van der Waals surface area (Å²) in [6, 6.07) is 8.88. The summed E-state index contributed by atoms with van der Waals surface area (Å²) in [6.07, 6.45) is 4.50. The average molecular weight is 342 g/mol. The van der Waals surface area contributed by atoms with E-state index in [0.717, 1.165) is 5.56 Å². The molecule has 2 aromatic rings. The number of pyridine rings is 1. The van der Waals surface area contributed by atoms with E-state index in [1.165, 1.54) is 12.1 Å². The number of aliphatic carboxylic acids is 1. The largest absolute Gasteiger partial charge is 0.481 e. The van der Waals surface area contributed by atoms with E-state index < -0.39 is 17.9 Å². The van der Waals surface area contributed by atoms with Crippen molar-refractivity contribution in [1.29, 1.82) is 0 Å². The molecule has 1 aliphatic heterocycles. The van der Waals surface area contributed by atoms with Crippen molar-refractivity contribution in [3.63, 3.8) is 0 Å². The first-order valence-corrected chi connectivity index (χ1v) is 8.23. The van der Waals surface area contributed by atoms with Gasteiger partial charge in [-0.2, -0.15) is 0 Å². The number of nitrogens with zero attached hydrogens (tertiary/aromatic N) is 2. The zero-order chi connectivity index (χ0) is 17.8. The Morgan fingerprint density at radius 2 is 2.04 bits per heavy atom. The number of carbonyl (C=O) groups is 2. The van der Waals surface area contributed by atoms with Crippen molar-refractivity contribution in [2.45, 2.75) is 25.3 Å². The monoisotopic (exact) mass is 342 g/mol. The molecule has 0 unspecified atom stereocenters. The third-order valence-electron chi connectivity index (χ3n) is 4.60. The first kappa shape index (κ1) is 17.1. The van der Waals surface area contributed by atoms with E-state index in [0.29, 0.717) is 24.9 Å².